The minimum Gasteiger partial charge on any atom is -0.462 e. The van der Waals surface area contributed by atoms with Crippen LogP contribution in [-0.4, -0.2) is 51.5 Å². The van der Waals surface area contributed by atoms with Crippen LogP contribution in [-0.2, 0) is 39.6 Å². The van der Waals surface area contributed by atoms with Gasteiger partial charge in [0.05, 0.1) is 24.5 Å². The Morgan fingerprint density at radius 3 is 2.37 bits per heavy atom. The summed E-state index contributed by atoms with van der Waals surface area (Å²) < 4.78 is 31.1. The molecule has 4 rings (SSSR count). The molecule has 8 atom stereocenters. The van der Waals surface area contributed by atoms with Crippen LogP contribution in [0.1, 0.15) is 112 Å². The lowest BCUT2D eigenvalue weighted by Gasteiger charge is -2.52. The number of cyclic esters (lactones) is 1. The van der Waals surface area contributed by atoms with Gasteiger partial charge in [0.15, 0.2) is 8.32 Å². The highest BCUT2D eigenvalue weighted by molar-refractivity contribution is 6.74. The molecule has 0 spiro atoms. The van der Waals surface area contributed by atoms with Crippen LogP contribution in [0.25, 0.3) is 0 Å². The smallest absolute Gasteiger partial charge is 0.311 e. The normalized spacial score (nSPS) is 30.8. The molecular formula is C38H62O7Si. The number of hydrogen-bond donors (Lipinski definition) is 0. The monoisotopic (exact) mass is 658 g/mol. The van der Waals surface area contributed by atoms with E-state index in [0.29, 0.717) is 30.8 Å². The first-order chi connectivity index (χ1) is 21.6. The Kier molecular flexibility index (Phi) is 12.6. The Morgan fingerprint density at radius 2 is 1.70 bits per heavy atom. The molecule has 3 fully saturated rings. The molecule has 0 bridgehead atoms. The van der Waals surface area contributed by atoms with Gasteiger partial charge in [0, 0.05) is 24.9 Å². The Bertz CT molecular complexity index is 1130. The van der Waals surface area contributed by atoms with Gasteiger partial charge in [-0.1, -0.05) is 71.4 Å². The molecule has 1 saturated heterocycles. The molecule has 1 aromatic rings. The Hall–Kier alpha value is -1.74. The molecule has 46 heavy (non-hydrogen) atoms. The van der Waals surface area contributed by atoms with Gasteiger partial charge in [0.25, 0.3) is 0 Å². The van der Waals surface area contributed by atoms with Gasteiger partial charge in [-0.3, -0.25) is 9.59 Å². The van der Waals surface area contributed by atoms with Gasteiger partial charge in [0.2, 0.25) is 0 Å². The van der Waals surface area contributed by atoms with Crippen molar-refractivity contribution in [2.75, 3.05) is 6.79 Å². The standard InChI is InChI=1S/C38H62O7Si/c1-10-38(6,7)36(40)44-33-22-31(45-46(8,9)37(3,4)5)20-28-17-16-26(2)32(35(28)33)19-18-29-21-30(23-34(39)43-29)42-25-41-24-27-14-12-11-13-15-27/h11-15,26,28-33,35H,10,16-25H2,1-9H3/t26-,28-,29+,30+,31+,32-,33-,35-/m0/s1. The third-order valence-corrected chi connectivity index (χ3v) is 16.3. The quantitative estimate of drug-likeness (QED) is 0.0907. The summed E-state index contributed by atoms with van der Waals surface area (Å²) >= 11 is 0. The minimum absolute atomic E-state index is 0.0978. The first-order valence-electron chi connectivity index (χ1n) is 17.9. The van der Waals surface area contributed by atoms with E-state index < -0.39 is 13.7 Å². The predicted octanol–water partition coefficient (Wildman–Crippen LogP) is 8.84. The number of carbonyl (C=O) groups is 2. The number of ether oxygens (including phenoxy) is 4. The summed E-state index contributed by atoms with van der Waals surface area (Å²) in [6.07, 6.45) is 7.08. The Morgan fingerprint density at radius 1 is 0.978 bits per heavy atom. The van der Waals surface area contributed by atoms with Gasteiger partial charge in [-0.2, -0.15) is 0 Å². The molecule has 8 heteroatoms. The zero-order valence-electron chi connectivity index (χ0n) is 30.1. The van der Waals surface area contributed by atoms with E-state index in [2.05, 4.69) is 47.7 Å². The maximum Gasteiger partial charge on any atom is 0.311 e. The van der Waals surface area contributed by atoms with Gasteiger partial charge >= 0.3 is 11.9 Å². The second-order valence-electron chi connectivity index (χ2n) is 16.6. The molecule has 2 saturated carbocycles. The summed E-state index contributed by atoms with van der Waals surface area (Å²) in [5.41, 5.74) is 0.573. The highest BCUT2D eigenvalue weighted by Crippen LogP contribution is 2.51. The van der Waals surface area contributed by atoms with Crippen molar-refractivity contribution in [3.63, 3.8) is 0 Å². The van der Waals surface area contributed by atoms with Crippen LogP contribution < -0.4 is 0 Å². The van der Waals surface area contributed by atoms with Crippen molar-refractivity contribution in [3.8, 4) is 0 Å². The number of carbonyl (C=O) groups excluding carboxylic acids is 2. The zero-order chi connectivity index (χ0) is 33.7. The lowest BCUT2D eigenvalue weighted by Crippen LogP contribution is -2.53. The van der Waals surface area contributed by atoms with Crippen molar-refractivity contribution in [3.05, 3.63) is 35.9 Å². The van der Waals surface area contributed by atoms with Crippen molar-refractivity contribution in [1.82, 2.24) is 0 Å². The van der Waals surface area contributed by atoms with Crippen molar-refractivity contribution in [2.24, 2.45) is 29.1 Å². The minimum atomic E-state index is -1.98. The fourth-order valence-electron chi connectivity index (χ4n) is 7.46. The molecule has 0 amide bonds. The van der Waals surface area contributed by atoms with Crippen molar-refractivity contribution >= 4 is 20.3 Å². The maximum absolute atomic E-state index is 13.5. The first-order valence-corrected chi connectivity index (χ1v) is 20.8. The molecular weight excluding hydrogens is 596 g/mol. The third-order valence-electron chi connectivity index (χ3n) is 11.8. The lowest BCUT2D eigenvalue weighted by atomic mass is 9.59. The maximum atomic E-state index is 13.5. The van der Waals surface area contributed by atoms with Crippen molar-refractivity contribution in [2.45, 2.75) is 155 Å². The molecule has 1 aliphatic heterocycles. The molecule has 0 unspecified atom stereocenters. The number of fused-ring (bicyclic) bond motifs is 1. The highest BCUT2D eigenvalue weighted by Gasteiger charge is 2.50. The van der Waals surface area contributed by atoms with E-state index in [-0.39, 0.29) is 60.5 Å². The molecule has 1 aromatic carbocycles. The van der Waals surface area contributed by atoms with Crippen LogP contribution in [0.4, 0.5) is 0 Å². The average Bonchev–Trinajstić information content (AvgIpc) is 2.98. The highest BCUT2D eigenvalue weighted by atomic mass is 28.4. The fraction of sp³-hybridized carbons (Fsp3) is 0.789. The lowest BCUT2D eigenvalue weighted by molar-refractivity contribution is -0.178. The molecule has 1 heterocycles. The summed E-state index contributed by atoms with van der Waals surface area (Å²) in [6, 6.07) is 10.0. The van der Waals surface area contributed by atoms with Crippen molar-refractivity contribution < 1.29 is 33.0 Å². The van der Waals surface area contributed by atoms with Crippen LogP contribution in [0, 0.1) is 29.1 Å². The summed E-state index contributed by atoms with van der Waals surface area (Å²) in [7, 11) is -1.98. The Balaban J connectivity index is 1.41. The van der Waals surface area contributed by atoms with Gasteiger partial charge in [0.1, 0.15) is 19.0 Å². The largest absolute Gasteiger partial charge is 0.462 e. The Labute approximate surface area is 279 Å². The summed E-state index contributed by atoms with van der Waals surface area (Å²) in [5.74, 6) is 1.35. The third kappa shape index (κ3) is 9.67. The SMILES string of the molecule is CCC(C)(C)C(=O)O[C@H]1C[C@H](O[Si](C)(C)C(C)(C)C)C[C@@H]2CC[C@H](C)[C@H](CC[C@@H]3C[C@@H](OCOCc4ccccc4)CC(=O)O3)[C@H]21. The zero-order valence-corrected chi connectivity index (χ0v) is 31.1. The van der Waals surface area contributed by atoms with Crippen LogP contribution >= 0.6 is 0 Å². The molecule has 0 N–H and O–H groups in total. The van der Waals surface area contributed by atoms with E-state index in [1.165, 1.54) is 0 Å². The van der Waals surface area contributed by atoms with Crippen molar-refractivity contribution in [1.29, 1.82) is 0 Å². The van der Waals surface area contributed by atoms with E-state index in [1.54, 1.807) is 0 Å². The van der Waals surface area contributed by atoms with E-state index in [0.717, 1.165) is 50.5 Å². The molecule has 0 aromatic heterocycles. The molecule has 260 valence electrons. The van der Waals surface area contributed by atoms with Crippen LogP contribution in [0.5, 0.6) is 0 Å². The van der Waals surface area contributed by atoms with Gasteiger partial charge < -0.3 is 23.4 Å². The first kappa shape index (κ1) is 37.1. The van der Waals surface area contributed by atoms with Gasteiger partial charge in [-0.25, -0.2) is 0 Å². The van der Waals surface area contributed by atoms with Gasteiger partial charge in [-0.05, 0) is 87.4 Å². The molecule has 2 aliphatic carbocycles. The van der Waals surface area contributed by atoms with E-state index in [4.69, 9.17) is 23.4 Å². The summed E-state index contributed by atoms with van der Waals surface area (Å²) in [6.45, 7) is 20.5. The predicted molar refractivity (Wildman–Crippen MR) is 183 cm³/mol. The van der Waals surface area contributed by atoms with Gasteiger partial charge in [-0.15, -0.1) is 0 Å². The van der Waals surface area contributed by atoms with Crippen LogP contribution in [0.3, 0.4) is 0 Å². The molecule has 0 radical (unpaired) electrons. The number of hydrogen-bond acceptors (Lipinski definition) is 7. The topological polar surface area (TPSA) is 80.3 Å². The summed E-state index contributed by atoms with van der Waals surface area (Å²) in [5, 5.41) is 0.122. The second-order valence-corrected chi connectivity index (χ2v) is 21.3. The molecule has 7 nitrogen and oxygen atoms in total. The number of benzene rings is 1. The van der Waals surface area contributed by atoms with E-state index in [1.807, 2.05) is 44.2 Å². The van der Waals surface area contributed by atoms with E-state index >= 15 is 0 Å². The van der Waals surface area contributed by atoms with Crippen LogP contribution in [0.15, 0.2) is 30.3 Å². The fourth-order valence-corrected chi connectivity index (χ4v) is 8.84. The average molecular weight is 659 g/mol. The summed E-state index contributed by atoms with van der Waals surface area (Å²) in [4.78, 5) is 26.1. The second kappa shape index (κ2) is 15.6. The number of rotatable bonds is 13. The van der Waals surface area contributed by atoms with Crippen LogP contribution in [0.2, 0.25) is 18.1 Å². The molecule has 3 aliphatic rings. The van der Waals surface area contributed by atoms with E-state index in [9.17, 15) is 9.59 Å². The number of esters is 2.